The maximum Gasteiger partial charge on any atom is 0.0167 e. The molecule has 3 aromatic carbocycles. The molecule has 1 radical (unpaired) electrons. The number of pyridine rings is 1. The van der Waals surface area contributed by atoms with Crippen molar-refractivity contribution in [3.63, 3.8) is 0 Å². The summed E-state index contributed by atoms with van der Waals surface area (Å²) in [6.45, 7) is 2.21. The van der Waals surface area contributed by atoms with Gasteiger partial charge in [0.05, 0.1) is 0 Å². The molecule has 4 aromatic rings. The maximum atomic E-state index is 4.62. The van der Waals surface area contributed by atoms with Crippen LogP contribution in [0.25, 0.3) is 33.2 Å². The molecule has 0 saturated carbocycles. The number of aryl methyl sites for hydroxylation is 1. The monoisotopic (exact) mass is 515 g/mol. The van der Waals surface area contributed by atoms with Crippen LogP contribution >= 0.6 is 0 Å². The van der Waals surface area contributed by atoms with E-state index in [4.69, 9.17) is 0 Å². The van der Waals surface area contributed by atoms with Crippen LogP contribution < -0.4 is 0 Å². The molecule has 131 valence electrons. The number of hydrogen-bond acceptors (Lipinski definition) is 1. The van der Waals surface area contributed by atoms with Gasteiger partial charge in [-0.05, 0) is 40.1 Å². The van der Waals surface area contributed by atoms with Crippen LogP contribution in [0, 0.1) is 6.07 Å². The topological polar surface area (TPSA) is 12.9 Å². The first-order valence-electron chi connectivity index (χ1n) is 8.80. The van der Waals surface area contributed by atoms with Gasteiger partial charge in [-0.3, -0.25) is 0 Å². The predicted molar refractivity (Wildman–Crippen MR) is 105 cm³/mol. The molecular formula is C24H20IrN-. The normalized spacial score (nSPS) is 10.5. The fourth-order valence-electron chi connectivity index (χ4n) is 3.27. The van der Waals surface area contributed by atoms with Gasteiger partial charge in [0.15, 0.2) is 0 Å². The Kier molecular flexibility index (Phi) is 5.98. The minimum Gasteiger partial charge on any atom is -0.304 e. The summed E-state index contributed by atoms with van der Waals surface area (Å²) in [4.78, 5) is 4.62. The number of benzene rings is 3. The quantitative estimate of drug-likeness (QED) is 0.291. The first kappa shape index (κ1) is 18.5. The molecule has 0 unspecified atom stereocenters. The molecular weight excluding hydrogens is 494 g/mol. The number of rotatable bonds is 4. The summed E-state index contributed by atoms with van der Waals surface area (Å²) in [5.74, 6) is 0. The molecule has 0 N–H and O–H groups in total. The first-order chi connectivity index (χ1) is 12.3. The van der Waals surface area contributed by atoms with E-state index in [9.17, 15) is 0 Å². The summed E-state index contributed by atoms with van der Waals surface area (Å²) in [6.07, 6.45) is 4.18. The second-order valence-electron chi connectivity index (χ2n) is 6.32. The average Bonchev–Trinajstić information content (AvgIpc) is 2.68. The van der Waals surface area contributed by atoms with Gasteiger partial charge >= 0.3 is 0 Å². The van der Waals surface area contributed by atoms with Crippen molar-refractivity contribution in [2.24, 2.45) is 0 Å². The third kappa shape index (κ3) is 3.77. The average molecular weight is 515 g/mol. The summed E-state index contributed by atoms with van der Waals surface area (Å²) in [7, 11) is 0. The van der Waals surface area contributed by atoms with Gasteiger partial charge in [-0.25, -0.2) is 0 Å². The van der Waals surface area contributed by atoms with Crippen LogP contribution in [0.1, 0.15) is 18.9 Å². The van der Waals surface area contributed by atoms with Crippen LogP contribution in [0.5, 0.6) is 0 Å². The van der Waals surface area contributed by atoms with Gasteiger partial charge in [-0.1, -0.05) is 61.9 Å². The first-order valence-corrected chi connectivity index (χ1v) is 8.80. The van der Waals surface area contributed by atoms with E-state index in [1.165, 1.54) is 28.5 Å². The Balaban J connectivity index is 0.00000196. The number of nitrogens with zero attached hydrogens (tertiary/aromatic N) is 1. The third-order valence-corrected chi connectivity index (χ3v) is 4.56. The maximum absolute atomic E-state index is 4.62. The van der Waals surface area contributed by atoms with Crippen molar-refractivity contribution in [2.75, 3.05) is 0 Å². The summed E-state index contributed by atoms with van der Waals surface area (Å²) >= 11 is 0. The van der Waals surface area contributed by atoms with Crippen molar-refractivity contribution in [2.45, 2.75) is 19.8 Å². The zero-order chi connectivity index (χ0) is 17.1. The molecule has 0 bridgehead atoms. The van der Waals surface area contributed by atoms with Crippen LogP contribution in [-0.4, -0.2) is 4.98 Å². The van der Waals surface area contributed by atoms with Crippen LogP contribution in [-0.2, 0) is 26.5 Å². The van der Waals surface area contributed by atoms with E-state index < -0.39 is 0 Å². The molecule has 0 fully saturated rings. The predicted octanol–water partition coefficient (Wildman–Crippen LogP) is 6.32. The molecule has 1 aromatic heterocycles. The van der Waals surface area contributed by atoms with Crippen molar-refractivity contribution in [1.82, 2.24) is 4.98 Å². The van der Waals surface area contributed by atoms with Crippen molar-refractivity contribution in [3.05, 3.63) is 90.6 Å². The second-order valence-corrected chi connectivity index (χ2v) is 6.32. The van der Waals surface area contributed by atoms with E-state index in [2.05, 4.69) is 84.7 Å². The largest absolute Gasteiger partial charge is 0.304 e. The third-order valence-electron chi connectivity index (χ3n) is 4.56. The molecule has 0 spiro atoms. The standard InChI is InChI=1S/C24H20N.Ir/c1-2-6-18-11-13-19(14-12-18)21-8-5-9-22(17-21)24-23-10-4-3-7-20(23)15-16-25-24;/h3-5,7-8,10-17H,2,6H2,1H3;/q-1;. The molecule has 0 amide bonds. The van der Waals surface area contributed by atoms with Gasteiger partial charge in [0.2, 0.25) is 0 Å². The van der Waals surface area contributed by atoms with Gasteiger partial charge in [0.1, 0.15) is 0 Å². The minimum absolute atomic E-state index is 0. The van der Waals surface area contributed by atoms with E-state index in [1.807, 2.05) is 12.3 Å². The van der Waals surface area contributed by atoms with Crippen LogP contribution in [0.2, 0.25) is 0 Å². The second kappa shape index (κ2) is 8.40. The van der Waals surface area contributed by atoms with Crippen LogP contribution in [0.3, 0.4) is 0 Å². The van der Waals surface area contributed by atoms with Crippen LogP contribution in [0.4, 0.5) is 0 Å². The summed E-state index contributed by atoms with van der Waals surface area (Å²) in [6, 6.07) is 28.9. The van der Waals surface area contributed by atoms with E-state index >= 15 is 0 Å². The molecule has 0 atom stereocenters. The zero-order valence-corrected chi connectivity index (χ0v) is 17.1. The smallest absolute Gasteiger partial charge is 0.0167 e. The van der Waals surface area contributed by atoms with Gasteiger partial charge < -0.3 is 4.98 Å². The van der Waals surface area contributed by atoms with Gasteiger partial charge in [-0.15, -0.1) is 35.4 Å². The summed E-state index contributed by atoms with van der Waals surface area (Å²) in [5.41, 5.74) is 5.85. The molecule has 0 saturated heterocycles. The van der Waals surface area contributed by atoms with Crippen molar-refractivity contribution >= 4 is 10.8 Å². The van der Waals surface area contributed by atoms with Gasteiger partial charge in [0, 0.05) is 26.3 Å². The molecule has 4 rings (SSSR count). The molecule has 0 aliphatic rings. The van der Waals surface area contributed by atoms with Gasteiger partial charge in [-0.2, -0.15) is 0 Å². The Morgan fingerprint density at radius 1 is 0.885 bits per heavy atom. The van der Waals surface area contributed by atoms with E-state index in [1.54, 1.807) is 0 Å². The van der Waals surface area contributed by atoms with E-state index in [0.717, 1.165) is 23.1 Å². The Morgan fingerprint density at radius 2 is 1.69 bits per heavy atom. The zero-order valence-electron chi connectivity index (χ0n) is 14.7. The molecule has 26 heavy (non-hydrogen) atoms. The fraction of sp³-hybridized carbons (Fsp3) is 0.125. The molecule has 1 heterocycles. The Labute approximate surface area is 168 Å². The summed E-state index contributed by atoms with van der Waals surface area (Å²) in [5, 5.41) is 2.37. The molecule has 1 nitrogen and oxygen atoms in total. The fourth-order valence-corrected chi connectivity index (χ4v) is 3.27. The van der Waals surface area contributed by atoms with Crippen LogP contribution in [0.15, 0.2) is 79.0 Å². The Morgan fingerprint density at radius 3 is 2.50 bits per heavy atom. The van der Waals surface area contributed by atoms with E-state index in [0.29, 0.717) is 0 Å². The SMILES string of the molecule is CCCc1ccc(-c2cc[c-]c(-c3nccc4ccccc34)c2)cc1.[Ir]. The van der Waals surface area contributed by atoms with Crippen molar-refractivity contribution in [1.29, 1.82) is 0 Å². The molecule has 0 aliphatic heterocycles. The Bertz CT molecular complexity index is 1000. The molecule has 2 heteroatoms. The number of hydrogen-bond donors (Lipinski definition) is 0. The number of aromatic nitrogens is 1. The number of fused-ring (bicyclic) bond motifs is 1. The van der Waals surface area contributed by atoms with Gasteiger partial charge in [0.25, 0.3) is 0 Å². The molecule has 0 aliphatic carbocycles. The Hall–Kier alpha value is -2.28. The minimum atomic E-state index is 0. The van der Waals surface area contributed by atoms with E-state index in [-0.39, 0.29) is 20.1 Å². The summed E-state index contributed by atoms with van der Waals surface area (Å²) < 4.78 is 0. The van der Waals surface area contributed by atoms with Crippen molar-refractivity contribution < 1.29 is 20.1 Å². The van der Waals surface area contributed by atoms with Crippen molar-refractivity contribution in [3.8, 4) is 22.4 Å².